The van der Waals surface area contributed by atoms with Crippen LogP contribution in [0.1, 0.15) is 12.0 Å². The Labute approximate surface area is 159 Å². The van der Waals surface area contributed by atoms with Gasteiger partial charge in [-0.25, -0.2) is 0 Å². The summed E-state index contributed by atoms with van der Waals surface area (Å²) in [4.78, 5) is 23.5. The lowest BCUT2D eigenvalue weighted by molar-refractivity contribution is -0.121. The lowest BCUT2D eigenvalue weighted by atomic mass is 10.2. The molecule has 2 aromatic rings. The predicted molar refractivity (Wildman–Crippen MR) is 105 cm³/mol. The molecule has 2 amide bonds. The molecule has 0 bridgehead atoms. The Morgan fingerprint density at radius 1 is 0.926 bits per heavy atom. The molecule has 142 valence electrons. The Morgan fingerprint density at radius 2 is 1.67 bits per heavy atom. The van der Waals surface area contributed by atoms with Crippen LogP contribution in [0.15, 0.2) is 60.7 Å². The van der Waals surface area contributed by atoms with Gasteiger partial charge in [0.1, 0.15) is 18.1 Å². The van der Waals surface area contributed by atoms with E-state index in [2.05, 4.69) is 10.6 Å². The predicted octanol–water partition coefficient (Wildman–Crippen LogP) is 2.41. The number of rotatable bonds is 10. The van der Waals surface area contributed by atoms with Gasteiger partial charge in [0.15, 0.2) is 0 Å². The minimum absolute atomic E-state index is 0.133. The van der Waals surface area contributed by atoms with Crippen molar-refractivity contribution in [3.05, 3.63) is 66.2 Å². The Hall–Kier alpha value is -3.28. The van der Waals surface area contributed by atoms with Gasteiger partial charge in [-0.15, -0.1) is 0 Å². The first-order chi connectivity index (χ1) is 13.2. The van der Waals surface area contributed by atoms with E-state index in [0.29, 0.717) is 13.2 Å². The molecule has 0 saturated carbocycles. The molecule has 6 nitrogen and oxygen atoms in total. The standard InChI is InChI=1S/C21H24N2O4/c1-26-18-10-7-17(8-11-18)9-12-20(24)22-14-13-21(25)23-15-16-27-19-5-3-2-4-6-19/h2-12H,13-16H2,1H3,(H,22,24)(H,23,25)/b12-9+. The Balaban J connectivity index is 1.57. The molecule has 0 atom stereocenters. The van der Waals surface area contributed by atoms with Crippen molar-refractivity contribution in [2.75, 3.05) is 26.8 Å². The van der Waals surface area contributed by atoms with Crippen LogP contribution in [0.3, 0.4) is 0 Å². The van der Waals surface area contributed by atoms with Crippen LogP contribution in [0, 0.1) is 0 Å². The molecule has 2 rings (SSSR count). The number of hydrogen-bond acceptors (Lipinski definition) is 4. The van der Waals surface area contributed by atoms with E-state index in [1.54, 1.807) is 13.2 Å². The second kappa shape index (κ2) is 11.4. The average Bonchev–Trinajstić information content (AvgIpc) is 2.71. The van der Waals surface area contributed by atoms with Crippen molar-refractivity contribution in [1.29, 1.82) is 0 Å². The first-order valence-electron chi connectivity index (χ1n) is 8.72. The van der Waals surface area contributed by atoms with Crippen LogP contribution in [-0.2, 0) is 9.59 Å². The maximum absolute atomic E-state index is 11.8. The molecule has 2 N–H and O–H groups in total. The van der Waals surface area contributed by atoms with E-state index in [1.807, 2.05) is 54.6 Å². The lowest BCUT2D eigenvalue weighted by Crippen LogP contribution is -2.32. The van der Waals surface area contributed by atoms with Crippen molar-refractivity contribution in [3.63, 3.8) is 0 Å². The molecule has 0 heterocycles. The summed E-state index contributed by atoms with van der Waals surface area (Å²) in [6.45, 7) is 1.09. The molecule has 0 aliphatic rings. The van der Waals surface area contributed by atoms with Crippen molar-refractivity contribution < 1.29 is 19.1 Å². The van der Waals surface area contributed by atoms with Crippen LogP contribution < -0.4 is 20.1 Å². The van der Waals surface area contributed by atoms with Crippen LogP contribution >= 0.6 is 0 Å². The topological polar surface area (TPSA) is 76.7 Å². The average molecular weight is 368 g/mol. The fraction of sp³-hybridized carbons (Fsp3) is 0.238. The fourth-order valence-electron chi connectivity index (χ4n) is 2.21. The van der Waals surface area contributed by atoms with Gasteiger partial charge in [0.25, 0.3) is 0 Å². The summed E-state index contributed by atoms with van der Waals surface area (Å²) >= 11 is 0. The zero-order valence-corrected chi connectivity index (χ0v) is 15.3. The zero-order valence-electron chi connectivity index (χ0n) is 15.3. The van der Waals surface area contributed by atoms with Gasteiger partial charge in [-0.2, -0.15) is 0 Å². The fourth-order valence-corrected chi connectivity index (χ4v) is 2.21. The van der Waals surface area contributed by atoms with Crippen molar-refractivity contribution in [1.82, 2.24) is 10.6 Å². The number of nitrogens with one attached hydrogen (secondary N) is 2. The van der Waals surface area contributed by atoms with E-state index in [4.69, 9.17) is 9.47 Å². The van der Waals surface area contributed by atoms with Crippen LogP contribution in [0.25, 0.3) is 6.08 Å². The summed E-state index contributed by atoms with van der Waals surface area (Å²) in [6, 6.07) is 16.8. The summed E-state index contributed by atoms with van der Waals surface area (Å²) in [7, 11) is 1.60. The largest absolute Gasteiger partial charge is 0.497 e. The van der Waals surface area contributed by atoms with Gasteiger partial charge >= 0.3 is 0 Å². The summed E-state index contributed by atoms with van der Waals surface area (Å²) < 4.78 is 10.6. The number of methoxy groups -OCH3 is 1. The molecule has 0 spiro atoms. The van der Waals surface area contributed by atoms with Crippen LogP contribution in [-0.4, -0.2) is 38.6 Å². The van der Waals surface area contributed by atoms with Gasteiger partial charge in [-0.05, 0) is 35.9 Å². The molecule has 0 saturated heterocycles. The molecular formula is C21H24N2O4. The van der Waals surface area contributed by atoms with Crippen molar-refractivity contribution >= 4 is 17.9 Å². The second-order valence-corrected chi connectivity index (χ2v) is 5.66. The Morgan fingerprint density at radius 3 is 2.37 bits per heavy atom. The number of carbonyl (C=O) groups excluding carboxylic acids is 2. The number of carbonyl (C=O) groups is 2. The highest BCUT2D eigenvalue weighted by Gasteiger charge is 2.02. The van der Waals surface area contributed by atoms with E-state index in [0.717, 1.165) is 17.1 Å². The molecule has 6 heteroatoms. The third-order valence-electron chi connectivity index (χ3n) is 3.63. The number of benzene rings is 2. The second-order valence-electron chi connectivity index (χ2n) is 5.66. The normalized spacial score (nSPS) is 10.4. The summed E-state index contributed by atoms with van der Waals surface area (Å²) in [5.41, 5.74) is 0.891. The van der Waals surface area contributed by atoms with Gasteiger partial charge in [0, 0.05) is 19.0 Å². The summed E-state index contributed by atoms with van der Waals surface area (Å²) in [6.07, 6.45) is 3.36. The van der Waals surface area contributed by atoms with Gasteiger partial charge < -0.3 is 20.1 Å². The Kier molecular flexibility index (Phi) is 8.43. The quantitative estimate of drug-likeness (QED) is 0.499. The van der Waals surface area contributed by atoms with E-state index < -0.39 is 0 Å². The molecule has 0 unspecified atom stereocenters. The summed E-state index contributed by atoms with van der Waals surface area (Å²) in [5.74, 6) is 1.15. The van der Waals surface area contributed by atoms with E-state index in [1.165, 1.54) is 6.08 Å². The van der Waals surface area contributed by atoms with Gasteiger partial charge in [0.2, 0.25) is 11.8 Å². The monoisotopic (exact) mass is 368 g/mol. The van der Waals surface area contributed by atoms with Gasteiger partial charge in [-0.1, -0.05) is 30.3 Å². The first-order valence-corrected chi connectivity index (χ1v) is 8.72. The van der Waals surface area contributed by atoms with E-state index >= 15 is 0 Å². The zero-order chi connectivity index (χ0) is 19.3. The maximum Gasteiger partial charge on any atom is 0.244 e. The Bertz CT molecular complexity index is 743. The molecule has 0 fully saturated rings. The maximum atomic E-state index is 11.8. The van der Waals surface area contributed by atoms with Crippen molar-refractivity contribution in [2.45, 2.75) is 6.42 Å². The first kappa shape index (κ1) is 20.0. The lowest BCUT2D eigenvalue weighted by Gasteiger charge is -2.07. The van der Waals surface area contributed by atoms with Crippen LogP contribution in [0.5, 0.6) is 11.5 Å². The highest BCUT2D eigenvalue weighted by Crippen LogP contribution is 2.12. The summed E-state index contributed by atoms with van der Waals surface area (Å²) in [5, 5.41) is 5.43. The van der Waals surface area contributed by atoms with E-state index in [9.17, 15) is 9.59 Å². The van der Waals surface area contributed by atoms with Gasteiger partial charge in [-0.3, -0.25) is 9.59 Å². The third kappa shape index (κ3) is 8.09. The number of ether oxygens (including phenoxy) is 2. The molecule has 27 heavy (non-hydrogen) atoms. The molecule has 0 aromatic heterocycles. The van der Waals surface area contributed by atoms with Crippen LogP contribution in [0.4, 0.5) is 0 Å². The minimum atomic E-state index is -0.244. The van der Waals surface area contributed by atoms with Gasteiger partial charge in [0.05, 0.1) is 13.7 Å². The molecule has 0 aliphatic carbocycles. The number of para-hydroxylation sites is 1. The molecule has 0 aliphatic heterocycles. The highest BCUT2D eigenvalue weighted by atomic mass is 16.5. The third-order valence-corrected chi connectivity index (χ3v) is 3.63. The number of amides is 2. The molecular weight excluding hydrogens is 344 g/mol. The highest BCUT2D eigenvalue weighted by molar-refractivity contribution is 5.92. The SMILES string of the molecule is COc1ccc(/C=C/C(=O)NCCC(=O)NCCOc2ccccc2)cc1. The molecule has 0 radical (unpaired) electrons. The van der Waals surface area contributed by atoms with E-state index in [-0.39, 0.29) is 24.8 Å². The van der Waals surface area contributed by atoms with Crippen molar-refractivity contribution in [3.8, 4) is 11.5 Å². The van der Waals surface area contributed by atoms with Crippen LogP contribution in [0.2, 0.25) is 0 Å². The smallest absolute Gasteiger partial charge is 0.244 e. The molecule has 2 aromatic carbocycles. The number of hydrogen-bond donors (Lipinski definition) is 2. The van der Waals surface area contributed by atoms with Crippen molar-refractivity contribution in [2.24, 2.45) is 0 Å². The minimum Gasteiger partial charge on any atom is -0.497 e.